The largest absolute Gasteiger partial charge is 0.396 e. The number of fused-ring (bicyclic) bond motifs is 5. The van der Waals surface area contributed by atoms with Crippen LogP contribution in [-0.4, -0.2) is 233 Å². The van der Waals surface area contributed by atoms with Crippen LogP contribution in [0.2, 0.25) is 0 Å². The summed E-state index contributed by atoms with van der Waals surface area (Å²) in [4.78, 5) is 0. The van der Waals surface area contributed by atoms with Crippen LogP contribution < -0.4 is 0 Å². The Bertz CT molecular complexity index is 1930. The third kappa shape index (κ3) is 10.6. The molecule has 22 heteroatoms. The molecule has 22 nitrogen and oxygen atoms in total. The summed E-state index contributed by atoms with van der Waals surface area (Å²) in [6, 6.07) is 0. The lowest BCUT2D eigenvalue weighted by molar-refractivity contribution is -0.379. The number of allylic oxidation sites excluding steroid dienone is 2. The standard InChI is InChI=1S/C53H90O22/c1-24(2)9-8-15-52(7,75-47-43(67)39(63)37(61)30(72-47)22-69-45-41(65)34(58)27(57)21-68-45)26-12-16-50(5)25(26)10-11-32-51(50,6)17-13-31-49(3,4)33(14-18-53(31,32)23-56)73-48-44(40(64)36(60)29(20-55)71-48)74-46-42(66)38(62)35(59)28(19-54)70-46/h9,25-48,54-67H,8,10-23H2,1-7H3/t25-,26+,27+,28+,29+,30-,31-,32-,33-,34-,35+,36+,37+,38+,39-,40-,41-,42-,43-,44+,45-,46-,47-,48-,50+,51+,52-,53-/m0/s1. The van der Waals surface area contributed by atoms with E-state index in [0.29, 0.717) is 25.7 Å². The van der Waals surface area contributed by atoms with Crippen LogP contribution in [0.4, 0.5) is 0 Å². The summed E-state index contributed by atoms with van der Waals surface area (Å²) < 4.78 is 48.8. The molecule has 0 unspecified atom stereocenters. The van der Waals surface area contributed by atoms with Crippen molar-refractivity contribution in [2.45, 2.75) is 241 Å². The summed E-state index contributed by atoms with van der Waals surface area (Å²) in [6.45, 7) is 12.9. The highest BCUT2D eigenvalue weighted by molar-refractivity contribution is 5.20. The molecule has 8 aliphatic rings. The van der Waals surface area contributed by atoms with Crippen LogP contribution in [0.15, 0.2) is 11.6 Å². The molecule has 0 spiro atoms. The van der Waals surface area contributed by atoms with Gasteiger partial charge in [0.1, 0.15) is 91.6 Å². The van der Waals surface area contributed by atoms with Gasteiger partial charge in [-0.05, 0) is 125 Å². The number of aliphatic hydroxyl groups is 14. The molecule has 0 amide bonds. The molecule has 8 rings (SSSR count). The van der Waals surface area contributed by atoms with Gasteiger partial charge in [-0.1, -0.05) is 39.3 Å². The van der Waals surface area contributed by atoms with Gasteiger partial charge in [-0.2, -0.15) is 0 Å². The van der Waals surface area contributed by atoms with E-state index in [-0.39, 0.29) is 47.7 Å². The maximum atomic E-state index is 11.9. The Hall–Kier alpha value is -1.14. The Morgan fingerprint density at radius 3 is 1.81 bits per heavy atom. The first kappa shape index (κ1) is 60.0. The molecule has 0 bridgehead atoms. The lowest BCUT2D eigenvalue weighted by Gasteiger charge is -2.70. The van der Waals surface area contributed by atoms with Crippen LogP contribution in [0.3, 0.4) is 0 Å². The van der Waals surface area contributed by atoms with E-state index >= 15 is 0 Å². The molecule has 4 saturated carbocycles. The fourth-order valence-electron chi connectivity index (χ4n) is 16.0. The molecule has 4 aliphatic carbocycles. The van der Waals surface area contributed by atoms with Crippen molar-refractivity contribution in [1.29, 1.82) is 0 Å². The zero-order chi connectivity index (χ0) is 54.9. The predicted octanol–water partition coefficient (Wildman–Crippen LogP) is -1.56. The van der Waals surface area contributed by atoms with Crippen molar-refractivity contribution in [3.63, 3.8) is 0 Å². The van der Waals surface area contributed by atoms with Gasteiger partial charge in [-0.3, -0.25) is 0 Å². The van der Waals surface area contributed by atoms with Crippen molar-refractivity contribution in [3.8, 4) is 0 Å². The lowest BCUT2D eigenvalue weighted by Crippen LogP contribution is -2.68. The van der Waals surface area contributed by atoms with E-state index in [1.807, 2.05) is 20.8 Å². The van der Waals surface area contributed by atoms with E-state index in [1.165, 1.54) is 0 Å². The summed E-state index contributed by atoms with van der Waals surface area (Å²) in [7, 11) is 0. The van der Waals surface area contributed by atoms with E-state index < -0.39 is 159 Å². The van der Waals surface area contributed by atoms with Crippen molar-refractivity contribution in [2.75, 3.05) is 33.0 Å². The first-order valence-corrected chi connectivity index (χ1v) is 27.4. The average molecular weight is 1080 g/mol. The molecule has 8 fully saturated rings. The second-order valence-electron chi connectivity index (χ2n) is 25.0. The summed E-state index contributed by atoms with van der Waals surface area (Å²) in [5, 5.41) is 150. The van der Waals surface area contributed by atoms with Gasteiger partial charge in [0.2, 0.25) is 0 Å². The molecule has 434 valence electrons. The fourth-order valence-corrected chi connectivity index (χ4v) is 16.0. The number of hydrogen-bond acceptors (Lipinski definition) is 22. The van der Waals surface area contributed by atoms with Gasteiger partial charge < -0.3 is 109 Å². The lowest BCUT2D eigenvalue weighted by atomic mass is 9.35. The Balaban J connectivity index is 1.01. The molecule has 75 heavy (non-hydrogen) atoms. The highest BCUT2D eigenvalue weighted by Gasteiger charge is 2.71. The van der Waals surface area contributed by atoms with Crippen molar-refractivity contribution in [3.05, 3.63) is 11.6 Å². The third-order valence-electron chi connectivity index (χ3n) is 20.5. The molecule has 4 aliphatic heterocycles. The zero-order valence-electron chi connectivity index (χ0n) is 44.6. The maximum Gasteiger partial charge on any atom is 0.187 e. The van der Waals surface area contributed by atoms with E-state index in [4.69, 9.17) is 37.9 Å². The van der Waals surface area contributed by atoms with Crippen LogP contribution in [0, 0.1) is 45.3 Å². The van der Waals surface area contributed by atoms with Crippen molar-refractivity contribution < 1.29 is 109 Å². The van der Waals surface area contributed by atoms with Crippen LogP contribution in [0.25, 0.3) is 0 Å². The van der Waals surface area contributed by atoms with Gasteiger partial charge >= 0.3 is 0 Å². The Morgan fingerprint density at radius 2 is 1.17 bits per heavy atom. The zero-order valence-corrected chi connectivity index (χ0v) is 44.6. The second-order valence-corrected chi connectivity index (χ2v) is 25.0. The van der Waals surface area contributed by atoms with Crippen LogP contribution in [0.1, 0.15) is 113 Å². The van der Waals surface area contributed by atoms with E-state index in [9.17, 15) is 71.5 Å². The quantitative estimate of drug-likeness (QED) is 0.0614. The van der Waals surface area contributed by atoms with Crippen LogP contribution in [-0.2, 0) is 37.9 Å². The Morgan fingerprint density at radius 1 is 0.587 bits per heavy atom. The second kappa shape index (κ2) is 23.0. The van der Waals surface area contributed by atoms with Gasteiger partial charge in [0.15, 0.2) is 25.2 Å². The monoisotopic (exact) mass is 1080 g/mol. The smallest absolute Gasteiger partial charge is 0.187 e. The first-order chi connectivity index (χ1) is 35.2. The highest BCUT2D eigenvalue weighted by atomic mass is 16.8. The molecule has 0 radical (unpaired) electrons. The van der Waals surface area contributed by atoms with E-state index in [2.05, 4.69) is 33.8 Å². The number of ether oxygens (including phenoxy) is 8. The number of rotatable bonds is 16. The Labute approximate surface area is 439 Å². The summed E-state index contributed by atoms with van der Waals surface area (Å²) in [6.07, 6.45) is -20.5. The van der Waals surface area contributed by atoms with Gasteiger partial charge in [0.25, 0.3) is 0 Å². The van der Waals surface area contributed by atoms with Gasteiger partial charge in [-0.15, -0.1) is 0 Å². The minimum absolute atomic E-state index is 0.0346. The molecule has 0 aromatic rings. The highest BCUT2D eigenvalue weighted by Crippen LogP contribution is 2.76. The van der Waals surface area contributed by atoms with Gasteiger partial charge in [0.05, 0.1) is 38.1 Å². The molecule has 28 atom stereocenters. The SMILES string of the molecule is CC(C)=CCC[C@](C)(O[C@@H]1O[C@@H](CO[C@@H]2OC[C@@H](O)[C@H](O)[C@@H]2O)[C@@H](O)[C@H](O)[C@@H]1O)[C@@H]1CC[C@]2(C)[C@H]1CC[C@@H]1[C@]3(CO)CC[C@H](O[C@@H]4O[C@H](CO)[C@@H](O)[C@H](O)[C@H]4O[C@@H]4O[C@H](CO)[C@@H](O)[C@@H](O)[C@@H]4O)C(C)(C)[C@@H]3CC[C@]12C. The normalized spacial score (nSPS) is 51.7. The molecule has 0 aromatic heterocycles. The number of hydrogen-bond donors (Lipinski definition) is 14. The minimum atomic E-state index is -1.82. The molecule has 4 saturated heterocycles. The summed E-state index contributed by atoms with van der Waals surface area (Å²) in [5.74, 6) is 0.135. The molecular weight excluding hydrogens is 989 g/mol. The van der Waals surface area contributed by atoms with E-state index in [1.54, 1.807) is 0 Å². The van der Waals surface area contributed by atoms with Crippen molar-refractivity contribution >= 4 is 0 Å². The van der Waals surface area contributed by atoms with Crippen molar-refractivity contribution in [2.24, 2.45) is 45.3 Å². The summed E-state index contributed by atoms with van der Waals surface area (Å²) >= 11 is 0. The predicted molar refractivity (Wildman–Crippen MR) is 260 cm³/mol. The van der Waals surface area contributed by atoms with Gasteiger partial charge in [0, 0.05) is 12.0 Å². The Kier molecular flexibility index (Phi) is 18.4. The number of aliphatic hydroxyl groups excluding tert-OH is 14. The topological polar surface area (TPSA) is 357 Å². The molecule has 0 aromatic carbocycles. The van der Waals surface area contributed by atoms with Crippen LogP contribution in [0.5, 0.6) is 0 Å². The van der Waals surface area contributed by atoms with Gasteiger partial charge in [-0.25, -0.2) is 0 Å². The minimum Gasteiger partial charge on any atom is -0.396 e. The van der Waals surface area contributed by atoms with Crippen molar-refractivity contribution in [1.82, 2.24) is 0 Å². The molecule has 14 N–H and O–H groups in total. The first-order valence-electron chi connectivity index (χ1n) is 27.4. The third-order valence-corrected chi connectivity index (χ3v) is 20.5. The van der Waals surface area contributed by atoms with Crippen LogP contribution >= 0.6 is 0 Å². The van der Waals surface area contributed by atoms with E-state index in [0.717, 1.165) is 44.1 Å². The fraction of sp³-hybridized carbons (Fsp3) is 0.962. The molecular formula is C53H90O22. The maximum absolute atomic E-state index is 11.9. The average Bonchev–Trinajstić information content (AvgIpc) is 3.74. The summed E-state index contributed by atoms with van der Waals surface area (Å²) in [5.41, 5.74) is -1.42. The molecule has 4 heterocycles.